The quantitative estimate of drug-likeness (QED) is 0.596. The second-order valence-electron chi connectivity index (χ2n) is 11.4. The third kappa shape index (κ3) is 4.08. The van der Waals surface area contributed by atoms with Crippen LogP contribution in [0.2, 0.25) is 0 Å². The lowest BCUT2D eigenvalue weighted by Crippen LogP contribution is -2.46. The van der Waals surface area contributed by atoms with Crippen molar-refractivity contribution in [1.29, 1.82) is 0 Å². The van der Waals surface area contributed by atoms with E-state index in [2.05, 4.69) is 13.0 Å². The Morgan fingerprint density at radius 1 is 0.909 bits per heavy atom. The minimum absolute atomic E-state index is 0.00708. The van der Waals surface area contributed by atoms with E-state index in [-0.39, 0.29) is 23.7 Å². The van der Waals surface area contributed by atoms with Crippen molar-refractivity contribution < 1.29 is 24.1 Å². The molecule has 1 aromatic carbocycles. The average Bonchev–Trinajstić information content (AvgIpc) is 3.17. The number of hydrogen-bond donors (Lipinski definition) is 1. The van der Waals surface area contributed by atoms with Gasteiger partial charge < -0.3 is 24.1 Å². The Hall–Kier alpha value is -1.30. The van der Waals surface area contributed by atoms with E-state index in [1.54, 1.807) is 0 Å². The zero-order valence-electron chi connectivity index (χ0n) is 20.1. The van der Waals surface area contributed by atoms with E-state index in [0.717, 1.165) is 51.7 Å². The van der Waals surface area contributed by atoms with Gasteiger partial charge in [0.15, 0.2) is 24.1 Å². The summed E-state index contributed by atoms with van der Waals surface area (Å²) in [5, 5.41) is 10.8. The predicted molar refractivity (Wildman–Crippen MR) is 125 cm³/mol. The van der Waals surface area contributed by atoms with Gasteiger partial charge in [0.2, 0.25) is 0 Å². The summed E-state index contributed by atoms with van der Waals surface area (Å²) in [4.78, 5) is 0. The number of benzene rings is 1. The van der Waals surface area contributed by atoms with E-state index >= 15 is 0 Å². The van der Waals surface area contributed by atoms with Gasteiger partial charge in [-0.1, -0.05) is 6.92 Å². The van der Waals surface area contributed by atoms with Crippen LogP contribution in [0, 0.1) is 17.3 Å². The van der Waals surface area contributed by atoms with Crippen LogP contribution in [0.4, 0.5) is 0 Å². The highest BCUT2D eigenvalue weighted by Crippen LogP contribution is 2.62. The van der Waals surface area contributed by atoms with Gasteiger partial charge in [0, 0.05) is 13.0 Å². The molecule has 2 saturated carbocycles. The summed E-state index contributed by atoms with van der Waals surface area (Å²) in [5.74, 6) is 2.81. The van der Waals surface area contributed by atoms with E-state index in [4.69, 9.17) is 18.9 Å². The van der Waals surface area contributed by atoms with Crippen molar-refractivity contribution in [2.45, 2.75) is 109 Å². The highest BCUT2D eigenvalue weighted by Gasteiger charge is 2.55. The molecule has 5 nitrogen and oxygen atoms in total. The molecule has 2 aliphatic heterocycles. The van der Waals surface area contributed by atoms with E-state index in [9.17, 15) is 5.11 Å². The fourth-order valence-corrected chi connectivity index (χ4v) is 7.80. The zero-order chi connectivity index (χ0) is 22.4. The van der Waals surface area contributed by atoms with Crippen LogP contribution in [0.5, 0.6) is 11.5 Å². The summed E-state index contributed by atoms with van der Waals surface area (Å²) in [5.41, 5.74) is 2.98. The molecule has 182 valence electrons. The van der Waals surface area contributed by atoms with Crippen molar-refractivity contribution in [3.8, 4) is 11.5 Å². The largest absolute Gasteiger partial charge is 0.504 e. The van der Waals surface area contributed by atoms with Crippen LogP contribution < -0.4 is 4.74 Å². The number of phenolic OH excluding ortho intramolecular Hbond substituents is 1. The van der Waals surface area contributed by atoms with Crippen LogP contribution in [-0.2, 0) is 20.6 Å². The van der Waals surface area contributed by atoms with Gasteiger partial charge in [-0.2, -0.15) is 0 Å². The zero-order valence-corrected chi connectivity index (χ0v) is 20.1. The predicted octanol–water partition coefficient (Wildman–Crippen LogP) is 6.07. The molecule has 5 aliphatic rings. The average molecular weight is 457 g/mol. The molecule has 0 amide bonds. The van der Waals surface area contributed by atoms with Crippen LogP contribution in [-0.4, -0.2) is 37.0 Å². The summed E-state index contributed by atoms with van der Waals surface area (Å²) in [6.07, 6.45) is 13.8. The first-order valence-corrected chi connectivity index (χ1v) is 13.5. The lowest BCUT2D eigenvalue weighted by Gasteiger charge is -2.51. The summed E-state index contributed by atoms with van der Waals surface area (Å²) < 4.78 is 24.3. The van der Waals surface area contributed by atoms with Crippen molar-refractivity contribution in [1.82, 2.24) is 0 Å². The number of hydrogen-bond acceptors (Lipinski definition) is 5. The molecule has 1 aromatic rings. The van der Waals surface area contributed by atoms with Gasteiger partial charge in [0.25, 0.3) is 0 Å². The Labute approximate surface area is 198 Å². The van der Waals surface area contributed by atoms with E-state index < -0.39 is 0 Å². The molecule has 33 heavy (non-hydrogen) atoms. The van der Waals surface area contributed by atoms with Gasteiger partial charge in [-0.3, -0.25) is 0 Å². The standard InChI is InChI=1S/C28H40O5/c1-28-13-12-19-20(22(28)10-11-25(28)33-27-7-3-5-15-31-27)9-8-18-16-24(23(29)17-21(18)19)32-26-6-2-4-14-30-26/h16-17,19-20,22,25-27,29H,2-15H2,1H3/t19-,20+,22-,25-,26?,27?,28-/m0/s1. The number of aryl methyl sites for hydroxylation is 1. The second kappa shape index (κ2) is 9.05. The first-order chi connectivity index (χ1) is 16.1. The minimum atomic E-state index is -0.224. The Morgan fingerprint density at radius 2 is 1.70 bits per heavy atom. The number of ether oxygens (including phenoxy) is 4. The molecule has 0 aromatic heterocycles. The molecule has 3 aliphatic carbocycles. The van der Waals surface area contributed by atoms with E-state index in [0.29, 0.717) is 29.6 Å². The van der Waals surface area contributed by atoms with Gasteiger partial charge in [0.05, 0.1) is 12.7 Å². The number of fused-ring (bicyclic) bond motifs is 5. The first kappa shape index (κ1) is 22.2. The van der Waals surface area contributed by atoms with Gasteiger partial charge in [-0.05, 0) is 117 Å². The highest BCUT2D eigenvalue weighted by atomic mass is 16.7. The van der Waals surface area contributed by atoms with Crippen molar-refractivity contribution in [3.05, 3.63) is 23.3 Å². The third-order valence-electron chi connectivity index (χ3n) is 9.57. The van der Waals surface area contributed by atoms with E-state index in [1.165, 1.54) is 49.7 Å². The maximum Gasteiger partial charge on any atom is 0.200 e. The monoisotopic (exact) mass is 456 g/mol. The maximum absolute atomic E-state index is 10.8. The molecule has 4 fully saturated rings. The Balaban J connectivity index is 1.18. The van der Waals surface area contributed by atoms with Crippen LogP contribution >= 0.6 is 0 Å². The smallest absolute Gasteiger partial charge is 0.200 e. The maximum atomic E-state index is 10.8. The van der Waals surface area contributed by atoms with Crippen LogP contribution in [0.1, 0.15) is 94.6 Å². The third-order valence-corrected chi connectivity index (χ3v) is 9.57. The molecule has 7 atom stereocenters. The molecule has 1 N–H and O–H groups in total. The summed E-state index contributed by atoms with van der Waals surface area (Å²) in [6, 6.07) is 4.12. The molecular weight excluding hydrogens is 416 g/mol. The van der Waals surface area contributed by atoms with Crippen molar-refractivity contribution >= 4 is 0 Å². The molecule has 2 heterocycles. The lowest BCUT2D eigenvalue weighted by atomic mass is 9.55. The Bertz CT molecular complexity index is 843. The van der Waals surface area contributed by atoms with Gasteiger partial charge in [0.1, 0.15) is 0 Å². The fourth-order valence-electron chi connectivity index (χ4n) is 7.80. The van der Waals surface area contributed by atoms with Crippen LogP contribution in [0.15, 0.2) is 12.1 Å². The normalized spacial score (nSPS) is 40.5. The molecule has 0 radical (unpaired) electrons. The molecule has 2 unspecified atom stereocenters. The molecule has 6 rings (SSSR count). The molecule has 5 heteroatoms. The van der Waals surface area contributed by atoms with Crippen LogP contribution in [0.3, 0.4) is 0 Å². The summed E-state index contributed by atoms with van der Waals surface area (Å²) >= 11 is 0. The van der Waals surface area contributed by atoms with Gasteiger partial charge in [-0.25, -0.2) is 0 Å². The van der Waals surface area contributed by atoms with E-state index in [1.807, 2.05) is 6.07 Å². The minimum Gasteiger partial charge on any atom is -0.504 e. The first-order valence-electron chi connectivity index (χ1n) is 13.5. The lowest BCUT2D eigenvalue weighted by molar-refractivity contribution is -0.212. The summed E-state index contributed by atoms with van der Waals surface area (Å²) in [6.45, 7) is 4.08. The topological polar surface area (TPSA) is 57.2 Å². The molecule has 0 spiro atoms. The van der Waals surface area contributed by atoms with Crippen LogP contribution in [0.25, 0.3) is 0 Å². The number of phenols is 1. The highest BCUT2D eigenvalue weighted by molar-refractivity contribution is 5.49. The Kier molecular flexibility index (Phi) is 6.08. The molecule has 0 bridgehead atoms. The molecular formula is C28H40O5. The Morgan fingerprint density at radius 3 is 2.45 bits per heavy atom. The van der Waals surface area contributed by atoms with Gasteiger partial charge in [-0.15, -0.1) is 0 Å². The van der Waals surface area contributed by atoms with Gasteiger partial charge >= 0.3 is 0 Å². The van der Waals surface area contributed by atoms with Crippen molar-refractivity contribution in [3.63, 3.8) is 0 Å². The number of rotatable bonds is 4. The SMILES string of the molecule is C[C@]12CC[C@@H]3c4cc(O)c(OC5CCCCO5)cc4CC[C@H]3[C@@H]1CC[C@@H]2OC1CCCCO1. The number of aromatic hydroxyl groups is 1. The summed E-state index contributed by atoms with van der Waals surface area (Å²) in [7, 11) is 0. The second-order valence-corrected chi connectivity index (χ2v) is 11.4. The van der Waals surface area contributed by atoms with Crippen molar-refractivity contribution in [2.75, 3.05) is 13.2 Å². The van der Waals surface area contributed by atoms with Crippen molar-refractivity contribution in [2.24, 2.45) is 17.3 Å². The fraction of sp³-hybridized carbons (Fsp3) is 0.786. The molecule has 2 saturated heterocycles.